The van der Waals surface area contributed by atoms with Crippen LogP contribution in [-0.4, -0.2) is 34.2 Å². The van der Waals surface area contributed by atoms with E-state index in [1.807, 2.05) is 0 Å². The van der Waals surface area contributed by atoms with Gasteiger partial charge in [0.2, 0.25) is 6.39 Å². The van der Waals surface area contributed by atoms with Gasteiger partial charge in [-0.25, -0.2) is 0 Å². The van der Waals surface area contributed by atoms with Crippen molar-refractivity contribution >= 4 is 0 Å². The first-order valence-corrected chi connectivity index (χ1v) is 5.10. The molecule has 2 unspecified atom stereocenters. The van der Waals surface area contributed by atoms with Crippen LogP contribution >= 0.6 is 0 Å². The summed E-state index contributed by atoms with van der Waals surface area (Å²) in [7, 11) is 0. The molecule has 0 aromatic carbocycles. The van der Waals surface area contributed by atoms with Crippen LogP contribution in [0, 0.1) is 0 Å². The smallest absolute Gasteiger partial charge is 0.213 e. The third-order valence-corrected chi connectivity index (χ3v) is 3.55. The maximum Gasteiger partial charge on any atom is 0.213 e. The number of nitrogens with zero attached hydrogens (tertiary/aromatic N) is 3. The van der Waals surface area contributed by atoms with E-state index >= 15 is 0 Å². The molecule has 2 aliphatic rings. The van der Waals surface area contributed by atoms with Gasteiger partial charge in [0, 0.05) is 12.6 Å². The minimum absolute atomic E-state index is 0.372. The standard InChI is InChI=1S/C9H14N4O/c10-9(8-11-6-14-12-8)3-5-13-4-1-2-7(9)13/h6-7H,1-5,10H2. The summed E-state index contributed by atoms with van der Waals surface area (Å²) >= 11 is 0. The van der Waals surface area contributed by atoms with Crippen LogP contribution in [0.4, 0.5) is 0 Å². The van der Waals surface area contributed by atoms with Gasteiger partial charge in [-0.05, 0) is 25.8 Å². The topological polar surface area (TPSA) is 68.2 Å². The van der Waals surface area contributed by atoms with Gasteiger partial charge in [0.1, 0.15) is 0 Å². The Labute approximate surface area is 82.3 Å². The van der Waals surface area contributed by atoms with Crippen LogP contribution < -0.4 is 5.73 Å². The highest BCUT2D eigenvalue weighted by molar-refractivity contribution is 5.14. The van der Waals surface area contributed by atoms with Gasteiger partial charge in [0.05, 0.1) is 5.54 Å². The average molecular weight is 194 g/mol. The summed E-state index contributed by atoms with van der Waals surface area (Å²) in [4.78, 5) is 6.54. The molecule has 3 heterocycles. The van der Waals surface area contributed by atoms with E-state index in [1.165, 1.54) is 19.4 Å². The fraction of sp³-hybridized carbons (Fsp3) is 0.778. The molecule has 14 heavy (non-hydrogen) atoms. The molecular weight excluding hydrogens is 180 g/mol. The van der Waals surface area contributed by atoms with Crippen LogP contribution in [0.5, 0.6) is 0 Å². The Kier molecular flexibility index (Phi) is 1.66. The zero-order valence-corrected chi connectivity index (χ0v) is 8.02. The predicted octanol–water partition coefficient (Wildman–Crippen LogP) is 0.0917. The lowest BCUT2D eigenvalue weighted by Crippen LogP contribution is -2.47. The number of aromatic nitrogens is 2. The number of hydrogen-bond acceptors (Lipinski definition) is 5. The third kappa shape index (κ3) is 0.965. The number of hydrogen-bond donors (Lipinski definition) is 1. The molecule has 76 valence electrons. The lowest BCUT2D eigenvalue weighted by molar-refractivity contribution is 0.252. The summed E-state index contributed by atoms with van der Waals surface area (Å²) in [6.07, 6.45) is 4.70. The molecule has 2 saturated heterocycles. The van der Waals surface area contributed by atoms with Gasteiger partial charge in [-0.3, -0.25) is 4.90 Å². The summed E-state index contributed by atoms with van der Waals surface area (Å²) in [6, 6.07) is 0.417. The molecule has 2 fully saturated rings. The van der Waals surface area contributed by atoms with E-state index in [9.17, 15) is 0 Å². The fourth-order valence-corrected chi connectivity index (χ4v) is 2.81. The molecule has 2 N–H and O–H groups in total. The molecule has 0 saturated carbocycles. The molecular formula is C9H14N4O. The van der Waals surface area contributed by atoms with Crippen molar-refractivity contribution in [3.05, 3.63) is 12.2 Å². The molecule has 0 radical (unpaired) electrons. The Morgan fingerprint density at radius 2 is 2.50 bits per heavy atom. The molecule has 2 atom stereocenters. The normalized spacial score (nSPS) is 37.6. The molecule has 2 aliphatic heterocycles. The quantitative estimate of drug-likeness (QED) is 0.686. The predicted molar refractivity (Wildman–Crippen MR) is 49.4 cm³/mol. The Bertz CT molecular complexity index is 326. The van der Waals surface area contributed by atoms with Gasteiger partial charge < -0.3 is 10.3 Å². The second-order valence-electron chi connectivity index (χ2n) is 4.24. The van der Waals surface area contributed by atoms with Gasteiger partial charge in [0.15, 0.2) is 5.82 Å². The highest BCUT2D eigenvalue weighted by Crippen LogP contribution is 2.39. The molecule has 0 bridgehead atoms. The van der Waals surface area contributed by atoms with Gasteiger partial charge in [-0.1, -0.05) is 5.16 Å². The Hall–Kier alpha value is -0.940. The summed E-state index contributed by atoms with van der Waals surface area (Å²) < 4.78 is 4.78. The van der Waals surface area contributed by atoms with Gasteiger partial charge in [-0.2, -0.15) is 4.98 Å². The van der Waals surface area contributed by atoms with Crippen molar-refractivity contribution in [1.29, 1.82) is 0 Å². The highest BCUT2D eigenvalue weighted by Gasteiger charge is 2.50. The van der Waals surface area contributed by atoms with E-state index in [2.05, 4.69) is 15.0 Å². The zero-order chi connectivity index (χ0) is 9.60. The van der Waals surface area contributed by atoms with Crippen LogP contribution in [0.2, 0.25) is 0 Å². The summed E-state index contributed by atoms with van der Waals surface area (Å²) in [6.45, 7) is 2.23. The van der Waals surface area contributed by atoms with Crippen molar-refractivity contribution in [2.75, 3.05) is 13.1 Å². The highest BCUT2D eigenvalue weighted by atomic mass is 16.5. The second kappa shape index (κ2) is 2.77. The minimum atomic E-state index is -0.372. The first kappa shape index (κ1) is 8.38. The Balaban J connectivity index is 1.97. The van der Waals surface area contributed by atoms with Crippen LogP contribution in [0.15, 0.2) is 10.9 Å². The molecule has 0 aliphatic carbocycles. The van der Waals surface area contributed by atoms with Crippen LogP contribution in [-0.2, 0) is 5.54 Å². The summed E-state index contributed by atoms with van der Waals surface area (Å²) in [5.41, 5.74) is 6.01. The fourth-order valence-electron chi connectivity index (χ4n) is 2.81. The van der Waals surface area contributed by atoms with Gasteiger partial charge >= 0.3 is 0 Å². The van der Waals surface area contributed by atoms with Crippen molar-refractivity contribution in [3.63, 3.8) is 0 Å². The van der Waals surface area contributed by atoms with E-state index < -0.39 is 0 Å². The number of fused-ring (bicyclic) bond motifs is 1. The van der Waals surface area contributed by atoms with Crippen molar-refractivity contribution in [2.45, 2.75) is 30.8 Å². The van der Waals surface area contributed by atoms with Crippen molar-refractivity contribution in [2.24, 2.45) is 5.73 Å². The molecule has 3 rings (SSSR count). The van der Waals surface area contributed by atoms with Crippen molar-refractivity contribution in [3.8, 4) is 0 Å². The van der Waals surface area contributed by atoms with E-state index in [0.29, 0.717) is 11.9 Å². The zero-order valence-electron chi connectivity index (χ0n) is 8.02. The van der Waals surface area contributed by atoms with E-state index in [4.69, 9.17) is 10.3 Å². The third-order valence-electron chi connectivity index (χ3n) is 3.55. The molecule has 0 amide bonds. The maximum absolute atomic E-state index is 6.38. The number of nitrogens with two attached hydrogens (primary N) is 1. The summed E-state index contributed by atoms with van der Waals surface area (Å²) in [5.74, 6) is 0.673. The van der Waals surface area contributed by atoms with Gasteiger partial charge in [0.25, 0.3) is 0 Å². The second-order valence-corrected chi connectivity index (χ2v) is 4.24. The monoisotopic (exact) mass is 194 g/mol. The Morgan fingerprint density at radius 3 is 3.29 bits per heavy atom. The molecule has 1 aromatic heterocycles. The molecule has 1 aromatic rings. The van der Waals surface area contributed by atoms with E-state index in [0.717, 1.165) is 19.4 Å². The lowest BCUT2D eigenvalue weighted by atomic mass is 9.89. The van der Waals surface area contributed by atoms with Gasteiger partial charge in [-0.15, -0.1) is 0 Å². The first-order valence-electron chi connectivity index (χ1n) is 5.10. The van der Waals surface area contributed by atoms with Crippen LogP contribution in [0.1, 0.15) is 25.1 Å². The molecule has 5 nitrogen and oxygen atoms in total. The van der Waals surface area contributed by atoms with Crippen LogP contribution in [0.3, 0.4) is 0 Å². The van der Waals surface area contributed by atoms with E-state index in [-0.39, 0.29) is 5.54 Å². The largest absolute Gasteiger partial charge is 0.343 e. The van der Waals surface area contributed by atoms with Crippen LogP contribution in [0.25, 0.3) is 0 Å². The maximum atomic E-state index is 6.38. The lowest BCUT2D eigenvalue weighted by Gasteiger charge is -2.27. The summed E-state index contributed by atoms with van der Waals surface area (Å²) in [5, 5.41) is 3.89. The Morgan fingerprint density at radius 1 is 1.57 bits per heavy atom. The average Bonchev–Trinajstić information content (AvgIpc) is 2.84. The van der Waals surface area contributed by atoms with Crippen molar-refractivity contribution < 1.29 is 4.52 Å². The molecule has 0 spiro atoms. The first-order chi connectivity index (χ1) is 6.81. The SMILES string of the molecule is NC1(c2ncon2)CCN2CCCC21. The van der Waals surface area contributed by atoms with Crippen molar-refractivity contribution in [1.82, 2.24) is 15.0 Å². The number of rotatable bonds is 1. The minimum Gasteiger partial charge on any atom is -0.343 e. The molecule has 5 heteroatoms. The van der Waals surface area contributed by atoms with E-state index in [1.54, 1.807) is 0 Å².